The fraction of sp³-hybridized carbons (Fsp3) is 0.364. The van der Waals surface area contributed by atoms with Gasteiger partial charge in [-0.2, -0.15) is 0 Å². The topological polar surface area (TPSA) is 35.5 Å². The van der Waals surface area contributed by atoms with Gasteiger partial charge in [-0.05, 0) is 26.0 Å². The molecule has 0 aliphatic rings. The molecule has 0 atom stereocenters. The molecule has 0 N–H and O–H groups in total. The van der Waals surface area contributed by atoms with Crippen LogP contribution in [-0.2, 0) is 0 Å². The molecular weight excluding hydrogens is 237 g/mol. The fourth-order valence-corrected chi connectivity index (χ4v) is 1.17. The van der Waals surface area contributed by atoms with Gasteiger partial charge in [-0.3, -0.25) is 4.79 Å². The lowest BCUT2D eigenvalue weighted by molar-refractivity contribution is -0.274. The Labute approximate surface area is 96.1 Å². The molecule has 0 spiro atoms. The van der Waals surface area contributed by atoms with Gasteiger partial charge >= 0.3 is 6.36 Å². The van der Waals surface area contributed by atoms with E-state index in [9.17, 15) is 18.0 Å². The van der Waals surface area contributed by atoms with Gasteiger partial charge in [-0.1, -0.05) is 0 Å². The summed E-state index contributed by atoms with van der Waals surface area (Å²) in [7, 11) is 0. The van der Waals surface area contributed by atoms with Crippen molar-refractivity contribution in [3.8, 4) is 11.5 Å². The summed E-state index contributed by atoms with van der Waals surface area (Å²) < 4.78 is 44.9. The first-order valence-electron chi connectivity index (χ1n) is 4.83. The SMILES string of the molecule is CC(C)Oc1cc(OC(F)(F)F)ccc1C=O. The highest BCUT2D eigenvalue weighted by Crippen LogP contribution is 2.28. The van der Waals surface area contributed by atoms with Crippen molar-refractivity contribution in [2.45, 2.75) is 26.3 Å². The number of halogens is 3. The first-order chi connectivity index (χ1) is 7.81. The highest BCUT2D eigenvalue weighted by Gasteiger charge is 2.31. The minimum Gasteiger partial charge on any atom is -0.490 e. The molecule has 0 radical (unpaired) electrons. The number of hydrogen-bond acceptors (Lipinski definition) is 3. The van der Waals surface area contributed by atoms with E-state index >= 15 is 0 Å². The molecular formula is C11H11F3O3. The maximum atomic E-state index is 12.0. The Morgan fingerprint density at radius 1 is 1.29 bits per heavy atom. The minimum atomic E-state index is -4.77. The number of carbonyl (C=O) groups is 1. The van der Waals surface area contributed by atoms with Crippen molar-refractivity contribution in [1.29, 1.82) is 0 Å². The summed E-state index contributed by atoms with van der Waals surface area (Å²) in [5.41, 5.74) is 0.174. The van der Waals surface area contributed by atoms with Gasteiger partial charge < -0.3 is 9.47 Å². The van der Waals surface area contributed by atoms with E-state index < -0.39 is 12.1 Å². The second kappa shape index (κ2) is 5.07. The van der Waals surface area contributed by atoms with E-state index in [-0.39, 0.29) is 17.4 Å². The molecule has 0 aliphatic carbocycles. The lowest BCUT2D eigenvalue weighted by Crippen LogP contribution is -2.17. The third-order valence-electron chi connectivity index (χ3n) is 1.71. The van der Waals surface area contributed by atoms with E-state index in [1.165, 1.54) is 6.07 Å². The van der Waals surface area contributed by atoms with Gasteiger partial charge in [-0.25, -0.2) is 0 Å². The molecule has 0 bridgehead atoms. The van der Waals surface area contributed by atoms with Crippen molar-refractivity contribution in [3.63, 3.8) is 0 Å². The smallest absolute Gasteiger partial charge is 0.490 e. The second-order valence-corrected chi connectivity index (χ2v) is 3.53. The van der Waals surface area contributed by atoms with Crippen LogP contribution in [0.5, 0.6) is 11.5 Å². The maximum absolute atomic E-state index is 12.0. The van der Waals surface area contributed by atoms with E-state index in [2.05, 4.69) is 4.74 Å². The normalized spacial score (nSPS) is 11.4. The molecule has 1 aromatic rings. The molecule has 17 heavy (non-hydrogen) atoms. The monoisotopic (exact) mass is 248 g/mol. The number of ether oxygens (including phenoxy) is 2. The van der Waals surface area contributed by atoms with E-state index in [1.54, 1.807) is 13.8 Å². The molecule has 0 aromatic heterocycles. The predicted octanol–water partition coefficient (Wildman–Crippen LogP) is 3.18. The number of aldehydes is 1. The summed E-state index contributed by atoms with van der Waals surface area (Å²) in [4.78, 5) is 10.7. The zero-order valence-corrected chi connectivity index (χ0v) is 9.25. The Bertz CT molecular complexity index is 399. The van der Waals surface area contributed by atoms with Gasteiger partial charge in [0.15, 0.2) is 6.29 Å². The van der Waals surface area contributed by atoms with Gasteiger partial charge in [0.2, 0.25) is 0 Å². The molecule has 1 rings (SSSR count). The van der Waals surface area contributed by atoms with Crippen LogP contribution in [-0.4, -0.2) is 18.8 Å². The number of benzene rings is 1. The van der Waals surface area contributed by atoms with Gasteiger partial charge in [0.1, 0.15) is 11.5 Å². The lowest BCUT2D eigenvalue weighted by Gasteiger charge is -2.14. The van der Waals surface area contributed by atoms with E-state index in [1.807, 2.05) is 0 Å². The maximum Gasteiger partial charge on any atom is 0.573 e. The van der Waals surface area contributed by atoms with Crippen LogP contribution in [0.25, 0.3) is 0 Å². The average Bonchev–Trinajstić information content (AvgIpc) is 2.14. The van der Waals surface area contributed by atoms with Crippen molar-refractivity contribution >= 4 is 6.29 Å². The third-order valence-corrected chi connectivity index (χ3v) is 1.71. The zero-order chi connectivity index (χ0) is 13.1. The molecule has 0 aliphatic heterocycles. The Balaban J connectivity index is 3.00. The Morgan fingerprint density at radius 2 is 1.94 bits per heavy atom. The molecule has 0 amide bonds. The second-order valence-electron chi connectivity index (χ2n) is 3.53. The van der Waals surface area contributed by atoms with E-state index in [0.717, 1.165) is 12.1 Å². The Morgan fingerprint density at radius 3 is 2.41 bits per heavy atom. The standard InChI is InChI=1S/C11H11F3O3/c1-7(2)16-10-5-9(17-11(12,13)14)4-3-8(10)6-15/h3-7H,1-2H3. The van der Waals surface area contributed by atoms with Crippen LogP contribution in [0, 0.1) is 0 Å². The molecule has 1 aromatic carbocycles. The number of alkyl halides is 3. The van der Waals surface area contributed by atoms with Crippen molar-refractivity contribution in [3.05, 3.63) is 23.8 Å². The van der Waals surface area contributed by atoms with E-state index in [0.29, 0.717) is 6.29 Å². The third kappa shape index (κ3) is 4.34. The lowest BCUT2D eigenvalue weighted by atomic mass is 10.2. The molecule has 3 nitrogen and oxygen atoms in total. The molecule has 0 heterocycles. The molecule has 0 saturated carbocycles. The van der Waals surface area contributed by atoms with Crippen molar-refractivity contribution in [2.24, 2.45) is 0 Å². The van der Waals surface area contributed by atoms with Gasteiger partial charge in [0, 0.05) is 6.07 Å². The summed E-state index contributed by atoms with van der Waals surface area (Å²) >= 11 is 0. The van der Waals surface area contributed by atoms with Crippen LogP contribution >= 0.6 is 0 Å². The molecule has 0 saturated heterocycles. The zero-order valence-electron chi connectivity index (χ0n) is 9.25. The van der Waals surface area contributed by atoms with Crippen LogP contribution in [0.2, 0.25) is 0 Å². The van der Waals surface area contributed by atoms with Crippen LogP contribution in [0.1, 0.15) is 24.2 Å². The number of hydrogen-bond donors (Lipinski definition) is 0. The predicted molar refractivity (Wildman–Crippen MR) is 54.3 cm³/mol. The molecule has 0 fully saturated rings. The summed E-state index contributed by atoms with van der Waals surface area (Å²) in [5, 5.41) is 0. The van der Waals surface area contributed by atoms with Crippen LogP contribution in [0.15, 0.2) is 18.2 Å². The van der Waals surface area contributed by atoms with Crippen LogP contribution in [0.3, 0.4) is 0 Å². The van der Waals surface area contributed by atoms with Gasteiger partial charge in [0.05, 0.1) is 11.7 Å². The average molecular weight is 248 g/mol. The summed E-state index contributed by atoms with van der Waals surface area (Å²) in [6.45, 7) is 3.40. The largest absolute Gasteiger partial charge is 0.573 e. The molecule has 94 valence electrons. The van der Waals surface area contributed by atoms with Gasteiger partial charge in [-0.15, -0.1) is 13.2 Å². The summed E-state index contributed by atoms with van der Waals surface area (Å²) in [6.07, 6.45) is -4.51. The molecule has 6 heteroatoms. The van der Waals surface area contributed by atoms with E-state index in [4.69, 9.17) is 4.74 Å². The first-order valence-corrected chi connectivity index (χ1v) is 4.83. The fourth-order valence-electron chi connectivity index (χ4n) is 1.17. The van der Waals surface area contributed by atoms with Crippen LogP contribution < -0.4 is 9.47 Å². The molecule has 0 unspecified atom stereocenters. The summed E-state index contributed by atoms with van der Waals surface area (Å²) in [6, 6.07) is 3.31. The first kappa shape index (κ1) is 13.3. The Hall–Kier alpha value is -1.72. The summed E-state index contributed by atoms with van der Waals surface area (Å²) in [5.74, 6) is -0.351. The number of carbonyl (C=O) groups excluding carboxylic acids is 1. The highest BCUT2D eigenvalue weighted by atomic mass is 19.4. The minimum absolute atomic E-state index is 0.0664. The Kier molecular flexibility index (Phi) is 3.98. The van der Waals surface area contributed by atoms with Crippen molar-refractivity contribution < 1.29 is 27.4 Å². The van der Waals surface area contributed by atoms with Crippen LogP contribution in [0.4, 0.5) is 13.2 Å². The van der Waals surface area contributed by atoms with Gasteiger partial charge in [0.25, 0.3) is 0 Å². The number of rotatable bonds is 4. The van der Waals surface area contributed by atoms with Crippen molar-refractivity contribution in [1.82, 2.24) is 0 Å². The highest BCUT2D eigenvalue weighted by molar-refractivity contribution is 5.79. The van der Waals surface area contributed by atoms with Crippen molar-refractivity contribution in [2.75, 3.05) is 0 Å². The quantitative estimate of drug-likeness (QED) is 0.767.